The maximum absolute atomic E-state index is 14.7. The number of aryl methyl sites for hydroxylation is 1. The van der Waals surface area contributed by atoms with Crippen molar-refractivity contribution in [3.8, 4) is 23.3 Å². The van der Waals surface area contributed by atoms with E-state index in [4.69, 9.17) is 15.2 Å². The number of hydrogen-bond acceptors (Lipinski definition) is 6. The van der Waals surface area contributed by atoms with E-state index in [0.717, 1.165) is 36.7 Å². The number of rotatable bonds is 3. The molecule has 2 aromatic heterocycles. The summed E-state index contributed by atoms with van der Waals surface area (Å²) in [7, 11) is 2.57. The molecule has 0 radical (unpaired) electrons. The number of nitrogens with two attached hydrogens (primary N) is 1. The molecule has 1 aromatic carbocycles. The lowest BCUT2D eigenvalue weighted by molar-refractivity contribution is 0.357. The number of nitrogen functional groups attached to an aromatic ring is 1. The van der Waals surface area contributed by atoms with Crippen molar-refractivity contribution in [2.24, 2.45) is 0 Å². The predicted molar refractivity (Wildman–Crippen MR) is 109 cm³/mol. The summed E-state index contributed by atoms with van der Waals surface area (Å²) in [5, 5.41) is 8.51. The van der Waals surface area contributed by atoms with Crippen LogP contribution >= 0.6 is 0 Å². The van der Waals surface area contributed by atoms with E-state index in [-0.39, 0.29) is 23.4 Å². The molecule has 3 aromatic rings. The zero-order valence-electron chi connectivity index (χ0n) is 16.8. The van der Waals surface area contributed by atoms with Crippen molar-refractivity contribution < 1.29 is 18.3 Å². The fourth-order valence-electron chi connectivity index (χ4n) is 3.66. The Hall–Kier alpha value is -3.38. The van der Waals surface area contributed by atoms with Crippen LogP contribution in [0.2, 0.25) is 0 Å². The summed E-state index contributed by atoms with van der Waals surface area (Å²) < 4.78 is 41.1. The highest BCUT2D eigenvalue weighted by Gasteiger charge is 2.24. The molecule has 1 unspecified atom stereocenters. The van der Waals surface area contributed by atoms with Crippen LogP contribution in [0.4, 0.5) is 14.6 Å². The number of aromatic nitrogens is 3. The molecule has 1 fully saturated rings. The number of anilines is 1. The van der Waals surface area contributed by atoms with Crippen LogP contribution in [0.3, 0.4) is 0 Å². The second kappa shape index (κ2) is 7.80. The number of nitrogens with one attached hydrogen (secondary N) is 1. The van der Waals surface area contributed by atoms with Crippen molar-refractivity contribution >= 4 is 16.7 Å². The van der Waals surface area contributed by atoms with Crippen molar-refractivity contribution in [1.29, 1.82) is 0 Å². The molecule has 4 rings (SSSR count). The third-order valence-corrected chi connectivity index (χ3v) is 5.20. The minimum Gasteiger partial charge on any atom is -0.493 e. The van der Waals surface area contributed by atoms with Gasteiger partial charge in [0.25, 0.3) is 0 Å². The summed E-state index contributed by atoms with van der Waals surface area (Å²) in [6, 6.07) is 1.27. The maximum atomic E-state index is 14.7. The fourth-order valence-corrected chi connectivity index (χ4v) is 3.66. The number of benzene rings is 1. The molecule has 1 aliphatic heterocycles. The Morgan fingerprint density at radius 1 is 1.20 bits per heavy atom. The van der Waals surface area contributed by atoms with Crippen LogP contribution in [0.25, 0.3) is 10.9 Å². The molecule has 7 nitrogen and oxygen atoms in total. The Morgan fingerprint density at radius 3 is 2.50 bits per heavy atom. The normalized spacial score (nSPS) is 15.8. The number of ether oxygens (including phenoxy) is 2. The van der Waals surface area contributed by atoms with Gasteiger partial charge in [0.1, 0.15) is 17.1 Å². The van der Waals surface area contributed by atoms with Gasteiger partial charge in [-0.05, 0) is 31.4 Å². The van der Waals surface area contributed by atoms with Crippen LogP contribution in [0.15, 0.2) is 12.3 Å². The van der Waals surface area contributed by atoms with Crippen LogP contribution in [0.5, 0.6) is 11.5 Å². The van der Waals surface area contributed by atoms with Crippen molar-refractivity contribution in [3.63, 3.8) is 0 Å². The second-order valence-electron chi connectivity index (χ2n) is 7.02. The Morgan fingerprint density at radius 2 is 1.90 bits per heavy atom. The van der Waals surface area contributed by atoms with Gasteiger partial charge in [-0.2, -0.15) is 5.10 Å². The van der Waals surface area contributed by atoms with E-state index in [9.17, 15) is 8.78 Å². The molecule has 9 heteroatoms. The van der Waals surface area contributed by atoms with Gasteiger partial charge in [0.05, 0.1) is 31.2 Å². The summed E-state index contributed by atoms with van der Waals surface area (Å²) in [5.74, 6) is 3.46. The first-order valence-electron chi connectivity index (χ1n) is 9.42. The zero-order valence-corrected chi connectivity index (χ0v) is 16.8. The predicted octanol–water partition coefficient (Wildman–Crippen LogP) is 2.55. The molecule has 0 spiro atoms. The Kier molecular flexibility index (Phi) is 5.18. The summed E-state index contributed by atoms with van der Waals surface area (Å²) in [5.41, 5.74) is 7.69. The Balaban J connectivity index is 1.92. The molecule has 1 saturated heterocycles. The molecule has 3 heterocycles. The van der Waals surface area contributed by atoms with Crippen molar-refractivity contribution in [1.82, 2.24) is 20.1 Å². The van der Waals surface area contributed by atoms with Gasteiger partial charge in [0.15, 0.2) is 23.1 Å². The molecule has 0 amide bonds. The average molecular weight is 413 g/mol. The van der Waals surface area contributed by atoms with E-state index in [1.807, 2.05) is 11.6 Å². The molecular weight excluding hydrogens is 392 g/mol. The molecule has 156 valence electrons. The average Bonchev–Trinajstić information content (AvgIpc) is 3.39. The van der Waals surface area contributed by atoms with Gasteiger partial charge in [0.2, 0.25) is 0 Å². The van der Waals surface area contributed by atoms with Crippen molar-refractivity contribution in [2.45, 2.75) is 19.4 Å². The van der Waals surface area contributed by atoms with E-state index < -0.39 is 17.2 Å². The second-order valence-corrected chi connectivity index (χ2v) is 7.02. The van der Waals surface area contributed by atoms with Crippen LogP contribution in [0.1, 0.15) is 29.3 Å². The zero-order chi connectivity index (χ0) is 21.4. The molecule has 0 saturated carbocycles. The van der Waals surface area contributed by atoms with Gasteiger partial charge < -0.3 is 20.5 Å². The van der Waals surface area contributed by atoms with Gasteiger partial charge in [-0.1, -0.05) is 5.92 Å². The van der Waals surface area contributed by atoms with Gasteiger partial charge in [-0.15, -0.1) is 0 Å². The lowest BCUT2D eigenvalue weighted by atomic mass is 10.1. The summed E-state index contributed by atoms with van der Waals surface area (Å²) >= 11 is 0. The maximum Gasteiger partial charge on any atom is 0.183 e. The largest absolute Gasteiger partial charge is 0.493 e. The summed E-state index contributed by atoms with van der Waals surface area (Å²) in [4.78, 5) is 4.21. The van der Waals surface area contributed by atoms with Crippen molar-refractivity contribution in [2.75, 3.05) is 33.0 Å². The number of halogens is 2. The highest BCUT2D eigenvalue weighted by atomic mass is 19.1. The number of methoxy groups -OCH3 is 2. The monoisotopic (exact) mass is 413 g/mol. The summed E-state index contributed by atoms with van der Waals surface area (Å²) in [6.07, 6.45) is 2.59. The van der Waals surface area contributed by atoms with E-state index >= 15 is 0 Å². The minimum absolute atomic E-state index is 0.133. The highest BCUT2D eigenvalue weighted by molar-refractivity contribution is 5.95. The van der Waals surface area contributed by atoms with Gasteiger partial charge in [0, 0.05) is 18.8 Å². The molecule has 30 heavy (non-hydrogen) atoms. The molecule has 0 aliphatic carbocycles. The Bertz CT molecular complexity index is 1160. The molecule has 1 atom stereocenters. The summed E-state index contributed by atoms with van der Waals surface area (Å²) in [6.45, 7) is 3.56. The van der Waals surface area contributed by atoms with Crippen LogP contribution in [-0.2, 0) is 0 Å². The molecular formula is C21H21F2N5O2. The molecule has 3 N–H and O–H groups in total. The Labute approximate surface area is 172 Å². The third kappa shape index (κ3) is 3.19. The van der Waals surface area contributed by atoms with E-state index in [2.05, 4.69) is 27.2 Å². The van der Waals surface area contributed by atoms with E-state index in [1.165, 1.54) is 14.2 Å². The van der Waals surface area contributed by atoms with E-state index in [1.54, 1.807) is 6.20 Å². The van der Waals surface area contributed by atoms with Crippen LogP contribution < -0.4 is 20.5 Å². The standard InChI is InChI=1S/C21H21F2N5O2/c1-11-9-26-21(24)17-14(27-28(20(11)17)12-6-7-25-10-12)5-4-13-18(22)15(29-2)8-16(30-3)19(13)23/h8-9,12,25H,6-7,10H2,1-3H3,(H2,24,26). The van der Waals surface area contributed by atoms with Gasteiger partial charge >= 0.3 is 0 Å². The quantitative estimate of drug-likeness (QED) is 0.642. The molecule has 1 aliphatic rings. The SMILES string of the molecule is COc1cc(OC)c(F)c(C#Cc2nn(C3CCNC3)c3c(C)cnc(N)c23)c1F. The number of hydrogen-bond donors (Lipinski definition) is 2. The van der Waals surface area contributed by atoms with Crippen LogP contribution in [0, 0.1) is 30.4 Å². The fraction of sp³-hybridized carbons (Fsp3) is 0.333. The lowest BCUT2D eigenvalue weighted by Crippen LogP contribution is -2.15. The molecule has 0 bridgehead atoms. The van der Waals surface area contributed by atoms with Crippen LogP contribution in [-0.4, -0.2) is 42.1 Å². The smallest absolute Gasteiger partial charge is 0.183 e. The number of pyridine rings is 1. The first-order chi connectivity index (χ1) is 14.5. The van der Waals surface area contributed by atoms with Gasteiger partial charge in [-0.3, -0.25) is 4.68 Å². The highest BCUT2D eigenvalue weighted by Crippen LogP contribution is 2.32. The first kappa shape index (κ1) is 19.9. The third-order valence-electron chi connectivity index (χ3n) is 5.20. The minimum atomic E-state index is -0.908. The van der Waals surface area contributed by atoms with E-state index in [0.29, 0.717) is 11.1 Å². The van der Waals surface area contributed by atoms with Gasteiger partial charge in [-0.25, -0.2) is 13.8 Å². The number of nitrogens with zero attached hydrogens (tertiary/aromatic N) is 3. The number of fused-ring (bicyclic) bond motifs is 1. The van der Waals surface area contributed by atoms with Crippen molar-refractivity contribution in [3.05, 3.63) is 40.7 Å². The topological polar surface area (TPSA) is 87.2 Å². The first-order valence-corrected chi connectivity index (χ1v) is 9.42. The lowest BCUT2D eigenvalue weighted by Gasteiger charge is -2.11.